The summed E-state index contributed by atoms with van der Waals surface area (Å²) in [7, 11) is 0. The molecule has 1 aromatic heterocycles. The maximum Gasteiger partial charge on any atom is 0.140 e. The Hall–Kier alpha value is -0.980. The lowest BCUT2D eigenvalue weighted by molar-refractivity contribution is -0.698. The third-order valence-corrected chi connectivity index (χ3v) is 7.68. The smallest absolute Gasteiger partial charge is 0.140 e. The van der Waals surface area contributed by atoms with Gasteiger partial charge in [-0.3, -0.25) is 0 Å². The van der Waals surface area contributed by atoms with E-state index in [1.54, 1.807) is 0 Å². The maximum absolute atomic E-state index is 6.21. The standard InChI is InChI=1S/C22H36N4O2/c1-3-7-16(8-4-1)11-18-13-26(25-24-18)20-15-28-21-19(14-27-22(20)21)23-12-17-9-5-2-6-10-17/h13,16-17,19-23H,1-12,14-15H2/p+1/t19-,20-,21+,22+/m0/s1. The minimum Gasteiger partial charge on any atom is -0.367 e. The second-order valence-electron chi connectivity index (χ2n) is 9.70. The van der Waals surface area contributed by atoms with Gasteiger partial charge < -0.3 is 14.8 Å². The van der Waals surface area contributed by atoms with E-state index in [4.69, 9.17) is 9.47 Å². The fourth-order valence-electron chi connectivity index (χ4n) is 5.98. The molecule has 3 heterocycles. The molecule has 6 heteroatoms. The van der Waals surface area contributed by atoms with E-state index in [0.29, 0.717) is 12.6 Å². The number of ether oxygens (including phenoxy) is 2. The minimum atomic E-state index is 0.136. The zero-order chi connectivity index (χ0) is 18.8. The first-order valence-electron chi connectivity index (χ1n) is 11.8. The second kappa shape index (κ2) is 8.80. The summed E-state index contributed by atoms with van der Waals surface area (Å²) in [4.78, 5) is 0. The van der Waals surface area contributed by atoms with E-state index in [0.717, 1.165) is 30.6 Å². The molecule has 2 saturated carbocycles. The Morgan fingerprint density at radius 2 is 1.61 bits per heavy atom. The number of hydrogen-bond acceptors (Lipinski definition) is 4. The Morgan fingerprint density at radius 3 is 2.39 bits per heavy atom. The first kappa shape index (κ1) is 19.0. The van der Waals surface area contributed by atoms with Crippen molar-refractivity contribution in [2.45, 2.75) is 94.9 Å². The van der Waals surface area contributed by atoms with E-state index in [-0.39, 0.29) is 18.2 Å². The molecule has 0 bridgehead atoms. The number of quaternary nitrogens is 1. The first-order chi connectivity index (χ1) is 13.9. The first-order valence-corrected chi connectivity index (χ1v) is 11.8. The quantitative estimate of drug-likeness (QED) is 0.810. The van der Waals surface area contributed by atoms with Crippen molar-refractivity contribution in [3.8, 4) is 0 Å². The van der Waals surface area contributed by atoms with Gasteiger partial charge in [0.05, 0.1) is 18.8 Å². The van der Waals surface area contributed by atoms with Gasteiger partial charge in [0.1, 0.15) is 30.9 Å². The highest BCUT2D eigenvalue weighted by molar-refractivity contribution is 5.01. The molecule has 0 unspecified atom stereocenters. The molecule has 4 fully saturated rings. The third-order valence-electron chi connectivity index (χ3n) is 7.68. The van der Waals surface area contributed by atoms with Gasteiger partial charge in [0.2, 0.25) is 0 Å². The predicted molar refractivity (Wildman–Crippen MR) is 106 cm³/mol. The van der Waals surface area contributed by atoms with E-state index < -0.39 is 0 Å². The molecule has 1 aromatic rings. The van der Waals surface area contributed by atoms with Crippen molar-refractivity contribution in [3.05, 3.63) is 11.9 Å². The van der Waals surface area contributed by atoms with Crippen LogP contribution in [0, 0.1) is 11.8 Å². The molecule has 2 aliphatic carbocycles. The molecule has 0 spiro atoms. The van der Waals surface area contributed by atoms with Crippen LogP contribution in [-0.4, -0.2) is 53.0 Å². The van der Waals surface area contributed by atoms with Crippen molar-refractivity contribution < 1.29 is 14.8 Å². The van der Waals surface area contributed by atoms with Crippen LogP contribution >= 0.6 is 0 Å². The van der Waals surface area contributed by atoms with Gasteiger partial charge in [-0.05, 0) is 25.2 Å². The SMILES string of the molecule is c1c(CC2CCCCC2)nnn1[C@H]1CO[C@H]2[C@@H]1OC[C@@H]2[NH2+]CC1CCCCC1. The van der Waals surface area contributed by atoms with Crippen LogP contribution in [0.25, 0.3) is 0 Å². The highest BCUT2D eigenvalue weighted by Gasteiger charge is 2.50. The summed E-state index contributed by atoms with van der Waals surface area (Å²) in [5.74, 6) is 1.69. The molecule has 2 N–H and O–H groups in total. The van der Waals surface area contributed by atoms with Gasteiger partial charge in [0, 0.05) is 12.1 Å². The van der Waals surface area contributed by atoms with E-state index in [9.17, 15) is 0 Å². The van der Waals surface area contributed by atoms with E-state index >= 15 is 0 Å². The summed E-state index contributed by atoms with van der Waals surface area (Å²) in [5.41, 5.74) is 1.15. The second-order valence-corrected chi connectivity index (χ2v) is 9.70. The lowest BCUT2D eigenvalue weighted by atomic mass is 9.86. The van der Waals surface area contributed by atoms with Gasteiger partial charge in [-0.25, -0.2) is 4.68 Å². The Bertz CT molecular complexity index is 624. The van der Waals surface area contributed by atoms with Crippen molar-refractivity contribution >= 4 is 0 Å². The zero-order valence-corrected chi connectivity index (χ0v) is 17.2. The third kappa shape index (κ3) is 4.14. The Balaban J connectivity index is 1.15. The lowest BCUT2D eigenvalue weighted by Crippen LogP contribution is -2.93. The van der Waals surface area contributed by atoms with Gasteiger partial charge in [-0.1, -0.05) is 56.6 Å². The van der Waals surface area contributed by atoms with E-state index in [2.05, 4.69) is 21.8 Å². The molecule has 4 aliphatic rings. The topological polar surface area (TPSA) is 65.8 Å². The molecule has 28 heavy (non-hydrogen) atoms. The van der Waals surface area contributed by atoms with Crippen LogP contribution in [0.2, 0.25) is 0 Å². The number of hydrogen-bond donors (Lipinski definition) is 1. The molecule has 2 saturated heterocycles. The number of nitrogens with zero attached hydrogens (tertiary/aromatic N) is 3. The molecular weight excluding hydrogens is 352 g/mol. The van der Waals surface area contributed by atoms with Crippen LogP contribution in [0.3, 0.4) is 0 Å². The molecule has 4 atom stereocenters. The number of rotatable bonds is 6. The van der Waals surface area contributed by atoms with Crippen LogP contribution in [0.15, 0.2) is 6.20 Å². The monoisotopic (exact) mass is 389 g/mol. The average molecular weight is 390 g/mol. The van der Waals surface area contributed by atoms with Crippen molar-refractivity contribution in [1.82, 2.24) is 15.0 Å². The summed E-state index contributed by atoms with van der Waals surface area (Å²) in [6, 6.07) is 0.632. The largest absolute Gasteiger partial charge is 0.367 e. The molecule has 5 rings (SSSR count). The van der Waals surface area contributed by atoms with Crippen LogP contribution < -0.4 is 5.32 Å². The maximum atomic E-state index is 6.21. The van der Waals surface area contributed by atoms with Crippen LogP contribution in [0.5, 0.6) is 0 Å². The highest BCUT2D eigenvalue weighted by Crippen LogP contribution is 2.33. The fourth-order valence-corrected chi connectivity index (χ4v) is 5.98. The van der Waals surface area contributed by atoms with Gasteiger partial charge in [-0.2, -0.15) is 0 Å². The van der Waals surface area contributed by atoms with Gasteiger partial charge in [0.25, 0.3) is 0 Å². The van der Waals surface area contributed by atoms with Gasteiger partial charge in [-0.15, -0.1) is 5.10 Å². The number of fused-ring (bicyclic) bond motifs is 1. The molecule has 0 aromatic carbocycles. The van der Waals surface area contributed by atoms with Crippen LogP contribution in [0.1, 0.15) is 75.9 Å². The molecule has 6 nitrogen and oxygen atoms in total. The lowest BCUT2D eigenvalue weighted by Gasteiger charge is -2.22. The molecule has 0 radical (unpaired) electrons. The van der Waals surface area contributed by atoms with Crippen molar-refractivity contribution in [3.63, 3.8) is 0 Å². The van der Waals surface area contributed by atoms with Gasteiger partial charge in [0.15, 0.2) is 0 Å². The Morgan fingerprint density at radius 1 is 0.893 bits per heavy atom. The zero-order valence-electron chi connectivity index (χ0n) is 17.2. The van der Waals surface area contributed by atoms with E-state index in [1.807, 2.05) is 4.68 Å². The normalized spacial score (nSPS) is 34.7. The number of nitrogens with two attached hydrogens (primary N) is 1. The molecular formula is C22H37N4O2+. The Labute approximate surface area is 168 Å². The Kier molecular flexibility index (Phi) is 5.98. The molecule has 2 aliphatic heterocycles. The summed E-state index contributed by atoms with van der Waals surface area (Å²) in [5, 5.41) is 11.5. The van der Waals surface area contributed by atoms with Gasteiger partial charge >= 0.3 is 0 Å². The van der Waals surface area contributed by atoms with E-state index in [1.165, 1.54) is 70.8 Å². The predicted octanol–water partition coefficient (Wildman–Crippen LogP) is 2.25. The van der Waals surface area contributed by atoms with Crippen molar-refractivity contribution in [2.24, 2.45) is 11.8 Å². The minimum absolute atomic E-state index is 0.136. The number of aromatic nitrogens is 3. The van der Waals surface area contributed by atoms with Crippen molar-refractivity contribution in [2.75, 3.05) is 19.8 Å². The summed E-state index contributed by atoms with van der Waals surface area (Å²) >= 11 is 0. The van der Waals surface area contributed by atoms with Crippen LogP contribution in [-0.2, 0) is 15.9 Å². The summed E-state index contributed by atoms with van der Waals surface area (Å²) < 4.78 is 14.5. The highest BCUT2D eigenvalue weighted by atomic mass is 16.6. The van der Waals surface area contributed by atoms with Crippen molar-refractivity contribution in [1.29, 1.82) is 0 Å². The molecule has 156 valence electrons. The average Bonchev–Trinajstić information content (AvgIpc) is 3.45. The molecule has 0 amide bonds. The summed E-state index contributed by atoms with van der Waals surface area (Å²) in [6.45, 7) is 2.75. The van der Waals surface area contributed by atoms with Crippen LogP contribution in [0.4, 0.5) is 0 Å². The summed E-state index contributed by atoms with van der Waals surface area (Å²) in [6.07, 6.45) is 17.5. The fraction of sp³-hybridized carbons (Fsp3) is 0.909.